The molecule has 0 atom stereocenters. The number of ketones is 1. The molecule has 0 aromatic heterocycles. The van der Waals surface area contributed by atoms with Crippen LogP contribution in [0.1, 0.15) is 43.6 Å². The third-order valence-corrected chi connectivity index (χ3v) is 2.77. The number of alkyl halides is 1. The summed E-state index contributed by atoms with van der Waals surface area (Å²) < 4.78 is 5.59. The molecular formula is C14H19ClO2. The van der Waals surface area contributed by atoms with Crippen molar-refractivity contribution in [2.24, 2.45) is 0 Å². The van der Waals surface area contributed by atoms with Crippen molar-refractivity contribution in [1.82, 2.24) is 0 Å². The summed E-state index contributed by atoms with van der Waals surface area (Å²) in [4.78, 5) is 11.6. The number of Topliss-reactive ketones (excluding diaryl/α,β-unsaturated/α-hetero) is 1. The van der Waals surface area contributed by atoms with Gasteiger partial charge in [-0.2, -0.15) is 0 Å². The van der Waals surface area contributed by atoms with Crippen molar-refractivity contribution in [3.63, 3.8) is 0 Å². The maximum atomic E-state index is 11.6. The predicted octanol–water partition coefficient (Wildman–Crippen LogP) is 3.80. The summed E-state index contributed by atoms with van der Waals surface area (Å²) >= 11 is 5.57. The van der Waals surface area contributed by atoms with Crippen LogP contribution in [0.3, 0.4) is 0 Å². The third-order valence-electron chi connectivity index (χ3n) is 2.53. The van der Waals surface area contributed by atoms with Crippen LogP contribution >= 0.6 is 11.6 Å². The molecule has 0 aliphatic rings. The van der Waals surface area contributed by atoms with Gasteiger partial charge in [-0.3, -0.25) is 4.79 Å². The fourth-order valence-electron chi connectivity index (χ4n) is 1.65. The standard InChI is InChI=1S/C14H19ClO2/c1-5-17-13-7-6-10(12(16)9-15)8-11(13)14(2,3)4/h6-8H,5,9H2,1-4H3. The van der Waals surface area contributed by atoms with Crippen molar-refractivity contribution in [2.75, 3.05) is 12.5 Å². The lowest BCUT2D eigenvalue weighted by Gasteiger charge is -2.23. The molecule has 0 spiro atoms. The lowest BCUT2D eigenvalue weighted by molar-refractivity contribution is 0.102. The molecule has 0 N–H and O–H groups in total. The van der Waals surface area contributed by atoms with E-state index in [2.05, 4.69) is 20.8 Å². The van der Waals surface area contributed by atoms with Crippen LogP contribution in [-0.2, 0) is 5.41 Å². The Labute approximate surface area is 108 Å². The number of carbonyl (C=O) groups excluding carboxylic acids is 1. The monoisotopic (exact) mass is 254 g/mol. The van der Waals surface area contributed by atoms with Crippen LogP contribution in [0.2, 0.25) is 0 Å². The van der Waals surface area contributed by atoms with Gasteiger partial charge in [0.25, 0.3) is 0 Å². The summed E-state index contributed by atoms with van der Waals surface area (Å²) in [5, 5.41) is 0. The Bertz CT molecular complexity index is 405. The van der Waals surface area contributed by atoms with Crippen molar-refractivity contribution in [3.05, 3.63) is 29.3 Å². The second kappa shape index (κ2) is 5.54. The van der Waals surface area contributed by atoms with Crippen molar-refractivity contribution >= 4 is 17.4 Å². The lowest BCUT2D eigenvalue weighted by atomic mass is 9.85. The Morgan fingerprint density at radius 2 is 2.00 bits per heavy atom. The summed E-state index contributed by atoms with van der Waals surface area (Å²) in [5.74, 6) is 0.795. The van der Waals surface area contributed by atoms with E-state index in [1.807, 2.05) is 19.1 Å². The quantitative estimate of drug-likeness (QED) is 0.603. The molecule has 0 amide bonds. The van der Waals surface area contributed by atoms with Gasteiger partial charge in [0.15, 0.2) is 5.78 Å². The second-order valence-corrected chi connectivity index (χ2v) is 5.22. The topological polar surface area (TPSA) is 26.3 Å². The Morgan fingerprint density at radius 1 is 1.35 bits per heavy atom. The van der Waals surface area contributed by atoms with Crippen LogP contribution in [0.15, 0.2) is 18.2 Å². The van der Waals surface area contributed by atoms with E-state index in [-0.39, 0.29) is 17.1 Å². The van der Waals surface area contributed by atoms with E-state index in [4.69, 9.17) is 16.3 Å². The second-order valence-electron chi connectivity index (χ2n) is 4.95. The van der Waals surface area contributed by atoms with E-state index >= 15 is 0 Å². The highest BCUT2D eigenvalue weighted by Gasteiger charge is 2.20. The first kappa shape index (κ1) is 14.0. The molecule has 0 fully saturated rings. The van der Waals surface area contributed by atoms with Crippen LogP contribution in [0.5, 0.6) is 5.75 Å². The van der Waals surface area contributed by atoms with Gasteiger partial charge in [-0.15, -0.1) is 11.6 Å². The fourth-order valence-corrected chi connectivity index (χ4v) is 1.80. The van der Waals surface area contributed by atoms with Gasteiger partial charge in [-0.05, 0) is 30.5 Å². The number of hydrogen-bond acceptors (Lipinski definition) is 2. The van der Waals surface area contributed by atoms with Gasteiger partial charge in [-0.1, -0.05) is 20.8 Å². The van der Waals surface area contributed by atoms with Gasteiger partial charge in [-0.25, -0.2) is 0 Å². The van der Waals surface area contributed by atoms with Gasteiger partial charge in [0.2, 0.25) is 0 Å². The van der Waals surface area contributed by atoms with Gasteiger partial charge in [0.1, 0.15) is 5.75 Å². The van der Waals surface area contributed by atoms with E-state index in [0.717, 1.165) is 11.3 Å². The molecule has 0 bridgehead atoms. The number of halogens is 1. The number of carbonyl (C=O) groups is 1. The molecule has 94 valence electrons. The number of hydrogen-bond donors (Lipinski definition) is 0. The van der Waals surface area contributed by atoms with E-state index in [9.17, 15) is 4.79 Å². The van der Waals surface area contributed by atoms with Crippen LogP contribution < -0.4 is 4.74 Å². The van der Waals surface area contributed by atoms with Crippen molar-refractivity contribution in [1.29, 1.82) is 0 Å². The van der Waals surface area contributed by atoms with Crippen molar-refractivity contribution in [2.45, 2.75) is 33.1 Å². The summed E-state index contributed by atoms with van der Waals surface area (Å²) in [6, 6.07) is 5.50. The van der Waals surface area contributed by atoms with Crippen molar-refractivity contribution in [3.8, 4) is 5.75 Å². The first-order chi connectivity index (χ1) is 7.90. The first-order valence-corrected chi connectivity index (χ1v) is 6.30. The molecule has 0 saturated carbocycles. The molecule has 0 saturated heterocycles. The zero-order valence-electron chi connectivity index (χ0n) is 10.8. The number of ether oxygens (including phenoxy) is 1. The summed E-state index contributed by atoms with van der Waals surface area (Å²) in [5.41, 5.74) is 1.62. The molecule has 1 aromatic rings. The average Bonchev–Trinajstić information content (AvgIpc) is 2.27. The predicted molar refractivity (Wildman–Crippen MR) is 71.4 cm³/mol. The molecule has 1 rings (SSSR count). The molecule has 1 aromatic carbocycles. The van der Waals surface area contributed by atoms with Gasteiger partial charge < -0.3 is 4.74 Å². The Kier molecular flexibility index (Phi) is 4.58. The minimum atomic E-state index is -0.0624. The van der Waals surface area contributed by atoms with Crippen LogP contribution in [0.4, 0.5) is 0 Å². The SMILES string of the molecule is CCOc1ccc(C(=O)CCl)cc1C(C)(C)C. The average molecular weight is 255 g/mol. The summed E-state index contributed by atoms with van der Waals surface area (Å²) in [6.07, 6.45) is 0. The van der Waals surface area contributed by atoms with E-state index in [1.54, 1.807) is 6.07 Å². The zero-order chi connectivity index (χ0) is 13.1. The van der Waals surface area contributed by atoms with Crippen LogP contribution in [0.25, 0.3) is 0 Å². The highest BCUT2D eigenvalue weighted by atomic mass is 35.5. The van der Waals surface area contributed by atoms with Gasteiger partial charge >= 0.3 is 0 Å². The van der Waals surface area contributed by atoms with Crippen LogP contribution in [0, 0.1) is 0 Å². The molecule has 2 nitrogen and oxygen atoms in total. The maximum absolute atomic E-state index is 11.6. The van der Waals surface area contributed by atoms with Crippen LogP contribution in [-0.4, -0.2) is 18.3 Å². The molecule has 17 heavy (non-hydrogen) atoms. The highest BCUT2D eigenvalue weighted by Crippen LogP contribution is 2.32. The summed E-state index contributed by atoms with van der Waals surface area (Å²) in [7, 11) is 0. The van der Waals surface area contributed by atoms with E-state index < -0.39 is 0 Å². The first-order valence-electron chi connectivity index (χ1n) is 5.76. The molecule has 0 unspecified atom stereocenters. The maximum Gasteiger partial charge on any atom is 0.177 e. The smallest absolute Gasteiger partial charge is 0.177 e. The lowest BCUT2D eigenvalue weighted by Crippen LogP contribution is -2.15. The fraction of sp³-hybridized carbons (Fsp3) is 0.500. The highest BCUT2D eigenvalue weighted by molar-refractivity contribution is 6.30. The van der Waals surface area contributed by atoms with Crippen molar-refractivity contribution < 1.29 is 9.53 Å². The molecular weight excluding hydrogens is 236 g/mol. The number of rotatable bonds is 4. The van der Waals surface area contributed by atoms with E-state index in [0.29, 0.717) is 12.2 Å². The summed E-state index contributed by atoms with van der Waals surface area (Å²) in [6.45, 7) is 8.86. The minimum Gasteiger partial charge on any atom is -0.494 e. The number of benzene rings is 1. The van der Waals surface area contributed by atoms with Gasteiger partial charge in [0.05, 0.1) is 12.5 Å². The molecule has 0 heterocycles. The Morgan fingerprint density at radius 3 is 2.47 bits per heavy atom. The zero-order valence-corrected chi connectivity index (χ0v) is 11.6. The molecule has 0 aliphatic carbocycles. The van der Waals surface area contributed by atoms with E-state index in [1.165, 1.54) is 0 Å². The molecule has 3 heteroatoms. The van der Waals surface area contributed by atoms with Gasteiger partial charge in [0, 0.05) is 11.1 Å². The normalized spacial score (nSPS) is 11.4. The Balaban J connectivity index is 3.24. The minimum absolute atomic E-state index is 0.0115. The molecule has 0 aliphatic heterocycles. The third kappa shape index (κ3) is 3.47. The molecule has 0 radical (unpaired) electrons. The Hall–Kier alpha value is -1.02. The largest absolute Gasteiger partial charge is 0.494 e.